The summed E-state index contributed by atoms with van der Waals surface area (Å²) in [6, 6.07) is 17.4. The van der Waals surface area contributed by atoms with Crippen molar-refractivity contribution in [1.82, 2.24) is 5.32 Å². The van der Waals surface area contributed by atoms with E-state index in [-0.39, 0.29) is 37.3 Å². The first kappa shape index (κ1) is 21.3. The Morgan fingerprint density at radius 2 is 1.53 bits per heavy atom. The molecule has 6 rings (SSSR count). The van der Waals surface area contributed by atoms with Crippen LogP contribution in [0.15, 0.2) is 54.1 Å². The summed E-state index contributed by atoms with van der Waals surface area (Å²) in [5.41, 5.74) is 7.27. The number of nitrogens with one attached hydrogen (secondary N) is 1. The molecule has 0 aliphatic carbocycles. The molecule has 3 aliphatic heterocycles. The van der Waals surface area contributed by atoms with Crippen molar-refractivity contribution < 1.29 is 14.4 Å². The number of hydrogen-bond donors (Lipinski definition) is 1. The third kappa shape index (κ3) is 2.76. The average Bonchev–Trinajstić information content (AvgIpc) is 3.21. The van der Waals surface area contributed by atoms with Crippen LogP contribution in [-0.2, 0) is 25.2 Å². The number of amides is 2. The Labute approximate surface area is 204 Å². The number of Topliss-reactive ketones (excluding diaryl/α,β-unsaturated/α-hetero) is 1. The molecule has 3 aliphatic rings. The number of piperidine rings is 1. The van der Waals surface area contributed by atoms with Gasteiger partial charge < -0.3 is 0 Å². The molecular weight excluding hydrogens is 491 g/mol. The van der Waals surface area contributed by atoms with Crippen LogP contribution in [0.2, 0.25) is 0 Å². The standard InChI is InChI=1S/C28H24N2O3Se/c1-27(2)17-8-5-6-11-21(17)30-24-18(27)9-7-10-19(24)28(3,4)20-13-15(34-26(20)30)12-16-22(31)14-23(32)29-25(16)33/h5-13H,14H2,1-4H3,(H,29,32,33)/b16-12+. The molecule has 1 aromatic heterocycles. The zero-order valence-corrected chi connectivity index (χ0v) is 21.2. The molecule has 2 aromatic carbocycles. The summed E-state index contributed by atoms with van der Waals surface area (Å²) in [4.78, 5) is 38.8. The maximum atomic E-state index is 12.4. The van der Waals surface area contributed by atoms with Gasteiger partial charge in [-0.2, -0.15) is 0 Å². The Morgan fingerprint density at radius 1 is 0.882 bits per heavy atom. The molecule has 5 nitrogen and oxygen atoms in total. The zero-order chi connectivity index (χ0) is 24.0. The monoisotopic (exact) mass is 516 g/mol. The fourth-order valence-electron chi connectivity index (χ4n) is 5.59. The number of imide groups is 1. The van der Waals surface area contributed by atoms with Crippen molar-refractivity contribution in [2.75, 3.05) is 4.90 Å². The van der Waals surface area contributed by atoms with E-state index in [1.807, 2.05) is 0 Å². The fourth-order valence-corrected chi connectivity index (χ4v) is 8.28. The van der Waals surface area contributed by atoms with E-state index in [4.69, 9.17) is 0 Å². The molecule has 0 radical (unpaired) electrons. The Kier molecular flexibility index (Phi) is 4.33. The van der Waals surface area contributed by atoms with Crippen LogP contribution in [0.3, 0.4) is 0 Å². The minimum absolute atomic E-state index is 0.0729. The summed E-state index contributed by atoms with van der Waals surface area (Å²) in [5, 5.41) is 2.27. The van der Waals surface area contributed by atoms with Gasteiger partial charge in [-0.25, -0.2) is 0 Å². The Balaban J connectivity index is 1.60. The van der Waals surface area contributed by atoms with E-state index in [0.29, 0.717) is 0 Å². The second-order valence-electron chi connectivity index (χ2n) is 10.2. The van der Waals surface area contributed by atoms with Crippen LogP contribution in [-0.4, -0.2) is 32.1 Å². The van der Waals surface area contributed by atoms with Crippen LogP contribution in [0.5, 0.6) is 0 Å². The molecular formula is C28H24N2O3Se. The van der Waals surface area contributed by atoms with E-state index in [1.165, 1.54) is 38.2 Å². The molecule has 34 heavy (non-hydrogen) atoms. The zero-order valence-electron chi connectivity index (χ0n) is 19.5. The first-order valence-corrected chi connectivity index (χ1v) is 13.1. The number of rotatable bonds is 1. The number of fused-ring (bicyclic) bond motifs is 4. The number of carbonyl (C=O) groups excluding carboxylic acids is 3. The molecule has 0 saturated carbocycles. The summed E-state index contributed by atoms with van der Waals surface area (Å²) in [6.45, 7) is 9.08. The van der Waals surface area contributed by atoms with E-state index in [0.717, 1.165) is 4.44 Å². The van der Waals surface area contributed by atoms with E-state index in [1.54, 1.807) is 6.08 Å². The van der Waals surface area contributed by atoms with Gasteiger partial charge in [-0.3, -0.25) is 0 Å². The first-order valence-electron chi connectivity index (χ1n) is 11.4. The van der Waals surface area contributed by atoms with Crippen LogP contribution < -0.4 is 10.2 Å². The molecule has 6 heteroatoms. The van der Waals surface area contributed by atoms with E-state index in [9.17, 15) is 14.4 Å². The van der Waals surface area contributed by atoms with Crippen LogP contribution in [0, 0.1) is 0 Å². The molecule has 0 atom stereocenters. The number of nitrogens with zero attached hydrogens (tertiary/aromatic N) is 1. The van der Waals surface area contributed by atoms with Gasteiger partial charge in [-0.15, -0.1) is 0 Å². The number of para-hydroxylation sites is 2. The number of benzene rings is 2. The van der Waals surface area contributed by atoms with Crippen molar-refractivity contribution >= 4 is 54.1 Å². The van der Waals surface area contributed by atoms with Crippen molar-refractivity contribution in [2.24, 2.45) is 0 Å². The quantitative estimate of drug-likeness (QED) is 0.171. The van der Waals surface area contributed by atoms with Crippen LogP contribution >= 0.6 is 0 Å². The summed E-state index contributed by atoms with van der Waals surface area (Å²) >= 11 is -0.110. The van der Waals surface area contributed by atoms with Gasteiger partial charge in [0.05, 0.1) is 0 Å². The Bertz CT molecular complexity index is 1450. The van der Waals surface area contributed by atoms with Gasteiger partial charge in [-0.1, -0.05) is 0 Å². The average molecular weight is 515 g/mol. The fraction of sp³-hybridized carbons (Fsp3) is 0.250. The number of ketones is 1. The Hall–Kier alpha value is -3.21. The van der Waals surface area contributed by atoms with Crippen molar-refractivity contribution in [1.29, 1.82) is 0 Å². The summed E-state index contributed by atoms with van der Waals surface area (Å²) in [7, 11) is 0. The molecule has 1 fully saturated rings. The molecule has 0 spiro atoms. The predicted octanol–water partition coefficient (Wildman–Crippen LogP) is 4.49. The molecule has 2 amide bonds. The van der Waals surface area contributed by atoms with Gasteiger partial charge in [0.15, 0.2) is 0 Å². The number of carbonyl (C=O) groups is 3. The molecule has 4 heterocycles. The topological polar surface area (TPSA) is 66.5 Å². The van der Waals surface area contributed by atoms with Gasteiger partial charge in [-0.05, 0) is 0 Å². The number of hydrogen-bond acceptors (Lipinski definition) is 4. The normalized spacial score (nSPS) is 20.5. The van der Waals surface area contributed by atoms with Crippen molar-refractivity contribution in [3.05, 3.63) is 80.8 Å². The van der Waals surface area contributed by atoms with Crippen molar-refractivity contribution in [3.63, 3.8) is 0 Å². The SMILES string of the molecule is CC1(C)c2ccccc2N2c3[se]c(/C=C4\C(=O)CC(=O)NC4=O)cc3C(C)(C)c3cccc1c32. The molecule has 170 valence electrons. The van der Waals surface area contributed by atoms with Gasteiger partial charge >= 0.3 is 204 Å². The molecule has 0 unspecified atom stereocenters. The van der Waals surface area contributed by atoms with Gasteiger partial charge in [0, 0.05) is 0 Å². The Morgan fingerprint density at radius 3 is 2.24 bits per heavy atom. The summed E-state index contributed by atoms with van der Waals surface area (Å²) in [6.07, 6.45) is 1.42. The van der Waals surface area contributed by atoms with E-state index < -0.39 is 17.6 Å². The second-order valence-corrected chi connectivity index (χ2v) is 12.4. The second kappa shape index (κ2) is 6.91. The van der Waals surface area contributed by atoms with Crippen LogP contribution in [0.25, 0.3) is 6.08 Å². The summed E-state index contributed by atoms with van der Waals surface area (Å²) < 4.78 is 2.21. The van der Waals surface area contributed by atoms with Crippen LogP contribution in [0.1, 0.15) is 60.8 Å². The van der Waals surface area contributed by atoms with E-state index >= 15 is 0 Å². The summed E-state index contributed by atoms with van der Waals surface area (Å²) in [5.74, 6) is -1.55. The molecule has 1 saturated heterocycles. The van der Waals surface area contributed by atoms with Crippen LogP contribution in [0.4, 0.5) is 15.9 Å². The number of anilines is 3. The molecule has 3 aromatic rings. The van der Waals surface area contributed by atoms with Gasteiger partial charge in [0.2, 0.25) is 0 Å². The maximum absolute atomic E-state index is 12.4. The molecule has 0 bridgehead atoms. The third-order valence-electron chi connectivity index (χ3n) is 7.44. The van der Waals surface area contributed by atoms with Crippen molar-refractivity contribution in [2.45, 2.75) is 44.9 Å². The van der Waals surface area contributed by atoms with E-state index in [2.05, 4.69) is 86.4 Å². The first-order chi connectivity index (χ1) is 16.1. The van der Waals surface area contributed by atoms with Gasteiger partial charge in [0.1, 0.15) is 0 Å². The van der Waals surface area contributed by atoms with Gasteiger partial charge in [0.25, 0.3) is 0 Å². The molecule has 1 N–H and O–H groups in total. The third-order valence-corrected chi connectivity index (χ3v) is 9.68. The predicted molar refractivity (Wildman–Crippen MR) is 133 cm³/mol. The van der Waals surface area contributed by atoms with Crippen molar-refractivity contribution in [3.8, 4) is 0 Å². The minimum atomic E-state index is -0.599.